The molecule has 9 heavy (non-hydrogen) atoms. The summed E-state index contributed by atoms with van der Waals surface area (Å²) in [7, 11) is 0. The van der Waals surface area contributed by atoms with Crippen molar-refractivity contribution < 1.29 is 4.79 Å². The van der Waals surface area contributed by atoms with Crippen molar-refractivity contribution in [1.82, 2.24) is 4.90 Å². The van der Waals surface area contributed by atoms with E-state index in [9.17, 15) is 4.79 Å². The predicted octanol–water partition coefficient (Wildman–Crippen LogP) is -0.0479. The zero-order valence-corrected chi connectivity index (χ0v) is 5.52. The number of nitriles is 1. The summed E-state index contributed by atoms with van der Waals surface area (Å²) >= 11 is 1.58. The summed E-state index contributed by atoms with van der Waals surface area (Å²) in [4.78, 5) is 11.4. The van der Waals surface area contributed by atoms with Gasteiger partial charge in [-0.05, 0) is 0 Å². The third-order valence-electron chi connectivity index (χ3n) is 1.15. The molecule has 3 nitrogen and oxygen atoms in total. The van der Waals surface area contributed by atoms with Gasteiger partial charge in [-0.3, -0.25) is 4.79 Å². The average molecular weight is 141 g/mol. The fourth-order valence-corrected chi connectivity index (χ4v) is 1.65. The Balaban J connectivity index is 2.53. The summed E-state index contributed by atoms with van der Waals surface area (Å²) in [6.07, 6.45) is 1.70. The maximum Gasteiger partial charge on any atom is 0.313 e. The highest BCUT2D eigenvalue weighted by molar-refractivity contribution is 7.99. The normalized spacial score (nSPS) is 25.7. The van der Waals surface area contributed by atoms with Gasteiger partial charge in [-0.15, -0.1) is 11.8 Å². The maximum absolute atomic E-state index is 10.0. The Bertz CT molecular complexity index is 154. The highest BCUT2D eigenvalue weighted by atomic mass is 32.2. The molecule has 0 N–H and O–H groups in total. The molecule has 0 aromatic rings. The minimum Gasteiger partial charge on any atom is -0.308 e. The highest BCUT2D eigenvalue weighted by Gasteiger charge is 2.23. The Hall–Kier alpha value is -0.690. The largest absolute Gasteiger partial charge is 0.313 e. The summed E-state index contributed by atoms with van der Waals surface area (Å²) in [5.41, 5.74) is 0. The van der Waals surface area contributed by atoms with Gasteiger partial charge in [0.05, 0.1) is 11.9 Å². The Morgan fingerprint density at radius 3 is 3.00 bits per heavy atom. The van der Waals surface area contributed by atoms with E-state index in [-0.39, 0.29) is 6.04 Å². The topological polar surface area (TPSA) is 44.1 Å². The first kappa shape index (κ1) is 6.43. The first-order valence-corrected chi connectivity index (χ1v) is 3.65. The van der Waals surface area contributed by atoms with Crippen LogP contribution in [0.5, 0.6) is 0 Å². The van der Waals surface area contributed by atoms with Crippen molar-refractivity contribution in [3.8, 4) is 6.07 Å². The minimum absolute atomic E-state index is 0.243. The fraction of sp³-hybridized carbons (Fsp3) is 0.600. The van der Waals surface area contributed by atoms with E-state index in [1.165, 1.54) is 4.90 Å². The van der Waals surface area contributed by atoms with Crippen LogP contribution in [0.25, 0.3) is 0 Å². The minimum atomic E-state index is -0.243. The van der Waals surface area contributed by atoms with Crippen LogP contribution in [0, 0.1) is 11.3 Å². The molecule has 47 valence electrons. The van der Waals surface area contributed by atoms with Crippen LogP contribution in [-0.4, -0.2) is 29.0 Å². The number of thioether (sulfide) groups is 1. The van der Waals surface area contributed by atoms with Crippen molar-refractivity contribution >= 4 is 18.2 Å². The number of carbonyl (C=O) groups excluding carboxylic acids is 1. The van der Waals surface area contributed by atoms with E-state index in [0.29, 0.717) is 5.88 Å². The van der Waals surface area contributed by atoms with E-state index in [0.717, 1.165) is 5.75 Å². The van der Waals surface area contributed by atoms with Gasteiger partial charge in [0.2, 0.25) is 0 Å². The summed E-state index contributed by atoms with van der Waals surface area (Å²) < 4.78 is 0. The van der Waals surface area contributed by atoms with Crippen molar-refractivity contribution in [3.63, 3.8) is 0 Å². The van der Waals surface area contributed by atoms with Crippen molar-refractivity contribution in [1.29, 1.82) is 5.26 Å². The second-order valence-corrected chi connectivity index (χ2v) is 2.71. The van der Waals surface area contributed by atoms with Gasteiger partial charge in [0.25, 0.3) is 0 Å². The Morgan fingerprint density at radius 1 is 1.78 bits per heavy atom. The summed E-state index contributed by atoms with van der Waals surface area (Å²) in [6.45, 7) is 0. The lowest BCUT2D eigenvalue weighted by atomic mass is 10.4. The molecule has 4 heteroatoms. The second kappa shape index (κ2) is 2.74. The van der Waals surface area contributed by atoms with Gasteiger partial charge < -0.3 is 4.90 Å². The number of nitrogens with zero attached hydrogens (tertiary/aromatic N) is 2. The Kier molecular flexibility index (Phi) is 1.96. The fourth-order valence-electron chi connectivity index (χ4n) is 0.640. The van der Waals surface area contributed by atoms with E-state index < -0.39 is 0 Å². The molecule has 0 spiro atoms. The van der Waals surface area contributed by atoms with Crippen molar-refractivity contribution in [2.45, 2.75) is 6.04 Å². The molecule has 1 rings (SSSR count). The summed E-state index contributed by atoms with van der Waals surface area (Å²) in [5, 5.41) is 8.38. The lowest BCUT2D eigenvalue weighted by Gasteiger charge is -2.07. The van der Waals surface area contributed by atoms with Gasteiger partial charge in [0.1, 0.15) is 6.04 Å². The smallest absolute Gasteiger partial charge is 0.308 e. The molecule has 0 saturated carbocycles. The molecule has 1 aliphatic rings. The molecule has 1 atom stereocenters. The quantitative estimate of drug-likeness (QED) is 0.514. The second-order valence-electron chi connectivity index (χ2n) is 1.71. The number of hydrogen-bond acceptors (Lipinski definition) is 3. The first-order valence-electron chi connectivity index (χ1n) is 2.50. The third-order valence-corrected chi connectivity index (χ3v) is 2.16. The van der Waals surface area contributed by atoms with E-state index in [1.807, 2.05) is 6.07 Å². The monoisotopic (exact) mass is 141 g/mol. The van der Waals surface area contributed by atoms with Crippen LogP contribution in [0.4, 0.5) is 0 Å². The highest BCUT2D eigenvalue weighted by Crippen LogP contribution is 2.17. The van der Waals surface area contributed by atoms with E-state index in [4.69, 9.17) is 5.26 Å². The van der Waals surface area contributed by atoms with E-state index in [1.54, 1.807) is 18.2 Å². The Morgan fingerprint density at radius 2 is 2.56 bits per heavy atom. The molecule has 0 aromatic carbocycles. The SMILES string of the molecule is N#CC1CSCN1[C]=O. The van der Waals surface area contributed by atoms with Crippen LogP contribution in [0.1, 0.15) is 0 Å². The van der Waals surface area contributed by atoms with Crippen LogP contribution in [0.15, 0.2) is 0 Å². The van der Waals surface area contributed by atoms with E-state index >= 15 is 0 Å². The molecule has 1 amide bonds. The van der Waals surface area contributed by atoms with Crippen molar-refractivity contribution in [2.75, 3.05) is 11.6 Å². The Labute approximate surface area is 57.6 Å². The van der Waals surface area contributed by atoms with Crippen molar-refractivity contribution in [3.05, 3.63) is 0 Å². The van der Waals surface area contributed by atoms with E-state index in [2.05, 4.69) is 0 Å². The molecule has 1 heterocycles. The first-order chi connectivity index (χ1) is 4.38. The lowest BCUT2D eigenvalue weighted by Crippen LogP contribution is -2.27. The van der Waals surface area contributed by atoms with Gasteiger partial charge >= 0.3 is 6.41 Å². The average Bonchev–Trinajstić information content (AvgIpc) is 2.33. The van der Waals surface area contributed by atoms with Crippen molar-refractivity contribution in [2.24, 2.45) is 0 Å². The lowest BCUT2D eigenvalue weighted by molar-refractivity contribution is 0.414. The molecule has 1 saturated heterocycles. The van der Waals surface area contributed by atoms with Gasteiger partial charge in [0.15, 0.2) is 0 Å². The molecule has 0 bridgehead atoms. The standard InChI is InChI=1S/C5H5N2OS/c6-1-5-2-9-4-7(5)3-8/h5H,2,4H2. The molecule has 1 aliphatic heterocycles. The van der Waals surface area contributed by atoms with Gasteiger partial charge in [-0.2, -0.15) is 5.26 Å². The molecular weight excluding hydrogens is 136 g/mol. The zero-order chi connectivity index (χ0) is 6.69. The number of amides is 1. The molecule has 1 fully saturated rings. The molecular formula is C5H5N2OS. The van der Waals surface area contributed by atoms with Crippen LogP contribution < -0.4 is 0 Å². The zero-order valence-electron chi connectivity index (χ0n) is 4.70. The summed E-state index contributed by atoms with van der Waals surface area (Å²) in [5.74, 6) is 1.34. The number of hydrogen-bond donors (Lipinski definition) is 0. The van der Waals surface area contributed by atoms with Crippen LogP contribution >= 0.6 is 11.8 Å². The van der Waals surface area contributed by atoms with Gasteiger partial charge in [-0.25, -0.2) is 0 Å². The number of rotatable bonds is 1. The van der Waals surface area contributed by atoms with Crippen LogP contribution in [-0.2, 0) is 4.79 Å². The third kappa shape index (κ3) is 1.16. The van der Waals surface area contributed by atoms with Gasteiger partial charge in [0, 0.05) is 5.75 Å². The van der Waals surface area contributed by atoms with Crippen LogP contribution in [0.3, 0.4) is 0 Å². The predicted molar refractivity (Wildman–Crippen MR) is 34.3 cm³/mol. The van der Waals surface area contributed by atoms with Gasteiger partial charge in [-0.1, -0.05) is 0 Å². The molecule has 0 aliphatic carbocycles. The molecule has 1 radical (unpaired) electrons. The van der Waals surface area contributed by atoms with Crippen LogP contribution in [0.2, 0.25) is 0 Å². The molecule has 0 aromatic heterocycles. The maximum atomic E-state index is 10.0. The summed E-state index contributed by atoms with van der Waals surface area (Å²) in [6, 6.07) is 1.76. The molecule has 1 unspecified atom stereocenters.